The number of allylic oxidation sites excluding steroid dienone is 3. The Bertz CT molecular complexity index is 1420. The van der Waals surface area contributed by atoms with E-state index >= 15 is 0 Å². The second-order valence-electron chi connectivity index (χ2n) is 9.07. The maximum Gasteiger partial charge on any atom is 0.264 e. The van der Waals surface area contributed by atoms with Gasteiger partial charge in [0.2, 0.25) is 5.91 Å². The summed E-state index contributed by atoms with van der Waals surface area (Å²) in [5, 5.41) is 0. The lowest BCUT2D eigenvalue weighted by molar-refractivity contribution is -0.127. The second kappa shape index (κ2) is 9.53. The zero-order chi connectivity index (χ0) is 26.3. The summed E-state index contributed by atoms with van der Waals surface area (Å²) in [6.07, 6.45) is 4.55. The number of carbonyl (C=O) groups excluding carboxylic acids is 2. The third-order valence-corrected chi connectivity index (χ3v) is 7.70. The van der Waals surface area contributed by atoms with E-state index in [1.54, 1.807) is 4.72 Å². The number of fused-ring (bicyclic) bond motifs is 1. The van der Waals surface area contributed by atoms with E-state index < -0.39 is 49.5 Å². The van der Waals surface area contributed by atoms with Gasteiger partial charge in [0.1, 0.15) is 0 Å². The van der Waals surface area contributed by atoms with Crippen molar-refractivity contribution in [2.75, 3.05) is 0 Å². The van der Waals surface area contributed by atoms with Gasteiger partial charge in [-0.3, -0.25) is 9.59 Å². The number of halogens is 4. The van der Waals surface area contributed by atoms with Gasteiger partial charge in [-0.25, -0.2) is 30.7 Å². The van der Waals surface area contributed by atoms with Gasteiger partial charge >= 0.3 is 0 Å². The van der Waals surface area contributed by atoms with Crippen molar-refractivity contribution in [3.05, 3.63) is 88.7 Å². The van der Waals surface area contributed by atoms with Gasteiger partial charge in [-0.15, -0.1) is 0 Å². The van der Waals surface area contributed by atoms with E-state index in [4.69, 9.17) is 0 Å². The molecule has 0 spiro atoms. The summed E-state index contributed by atoms with van der Waals surface area (Å²) in [7, 11) is -4.45. The van der Waals surface area contributed by atoms with Gasteiger partial charge in [0.15, 0.2) is 23.3 Å². The summed E-state index contributed by atoms with van der Waals surface area (Å²) < 4.78 is 80.1. The van der Waals surface area contributed by atoms with Gasteiger partial charge in [-0.05, 0) is 60.7 Å². The van der Waals surface area contributed by atoms with Crippen LogP contribution in [0.3, 0.4) is 0 Å². The molecule has 2 aromatic carbocycles. The molecule has 1 unspecified atom stereocenters. The van der Waals surface area contributed by atoms with Crippen LogP contribution < -0.4 is 4.72 Å². The highest BCUT2D eigenvalue weighted by atomic mass is 32.2. The molecule has 6 nitrogen and oxygen atoms in total. The molecule has 0 aromatic heterocycles. The van der Waals surface area contributed by atoms with E-state index in [9.17, 15) is 35.6 Å². The molecule has 1 heterocycles. The van der Waals surface area contributed by atoms with E-state index in [-0.39, 0.29) is 18.9 Å². The Hall–Kier alpha value is -3.47. The molecule has 0 bridgehead atoms. The van der Waals surface area contributed by atoms with Crippen LogP contribution in [0.1, 0.15) is 38.2 Å². The van der Waals surface area contributed by atoms with Crippen molar-refractivity contribution in [2.24, 2.45) is 5.41 Å². The minimum Gasteiger partial charge on any atom is -0.311 e. The van der Waals surface area contributed by atoms with Gasteiger partial charge in [0.25, 0.3) is 15.9 Å². The first kappa shape index (κ1) is 25.6. The maximum absolute atomic E-state index is 13.7. The summed E-state index contributed by atoms with van der Waals surface area (Å²) in [6, 6.07) is 5.32. The lowest BCUT2D eigenvalue weighted by atomic mass is 9.74. The quantitative estimate of drug-likeness (QED) is 0.448. The van der Waals surface area contributed by atoms with Gasteiger partial charge < -0.3 is 4.90 Å². The van der Waals surface area contributed by atoms with Crippen LogP contribution in [0.5, 0.6) is 0 Å². The molecule has 1 aliphatic heterocycles. The monoisotopic (exact) mass is 522 g/mol. The van der Waals surface area contributed by atoms with Gasteiger partial charge in [-0.2, -0.15) is 0 Å². The molecule has 1 N–H and O–H groups in total. The highest BCUT2D eigenvalue weighted by Crippen LogP contribution is 2.50. The van der Waals surface area contributed by atoms with Gasteiger partial charge in [0.05, 0.1) is 11.4 Å². The van der Waals surface area contributed by atoms with Crippen LogP contribution in [0, 0.1) is 28.7 Å². The predicted octanol–water partition coefficient (Wildman–Crippen LogP) is 4.48. The maximum atomic E-state index is 13.7. The molecule has 2 amide bonds. The molecule has 190 valence electrons. The van der Waals surface area contributed by atoms with E-state index in [0.717, 1.165) is 30.7 Å². The molecule has 1 fully saturated rings. The number of hydrogen-bond acceptors (Lipinski definition) is 4. The topological polar surface area (TPSA) is 83.6 Å². The van der Waals surface area contributed by atoms with Crippen molar-refractivity contribution in [3.8, 4) is 0 Å². The zero-order valence-electron chi connectivity index (χ0n) is 19.2. The van der Waals surface area contributed by atoms with E-state index in [1.807, 2.05) is 6.92 Å². The molecular weight excluding hydrogens is 500 g/mol. The number of benzene rings is 2. The SMILES string of the molecule is CC12CCCC(/C=C/C(=O)NS(=O)(=O)c3ccc(F)c(F)c3)=C1N(Cc1ccc(F)c(F)c1)C(=O)C2. The van der Waals surface area contributed by atoms with Gasteiger partial charge in [-0.1, -0.05) is 19.1 Å². The number of nitrogens with one attached hydrogen (secondary N) is 1. The summed E-state index contributed by atoms with van der Waals surface area (Å²) >= 11 is 0. The number of carbonyl (C=O) groups is 2. The Labute approximate surface area is 205 Å². The smallest absolute Gasteiger partial charge is 0.264 e. The Morgan fingerprint density at radius 1 is 1.06 bits per heavy atom. The van der Waals surface area contributed by atoms with Crippen LogP contribution >= 0.6 is 0 Å². The molecule has 11 heteroatoms. The minimum atomic E-state index is -4.45. The number of likely N-dealkylation sites (tertiary alicyclic amines) is 1. The third kappa shape index (κ3) is 5.06. The molecule has 1 atom stereocenters. The highest BCUT2D eigenvalue weighted by molar-refractivity contribution is 7.90. The Morgan fingerprint density at radius 2 is 1.72 bits per heavy atom. The van der Waals surface area contributed by atoms with Crippen LogP contribution in [0.4, 0.5) is 17.6 Å². The van der Waals surface area contributed by atoms with Crippen molar-refractivity contribution in [2.45, 2.75) is 44.0 Å². The molecule has 0 saturated carbocycles. The van der Waals surface area contributed by atoms with Crippen molar-refractivity contribution in [1.82, 2.24) is 9.62 Å². The molecule has 36 heavy (non-hydrogen) atoms. The fourth-order valence-electron chi connectivity index (χ4n) is 4.71. The lowest BCUT2D eigenvalue weighted by Crippen LogP contribution is -2.30. The third-order valence-electron chi connectivity index (χ3n) is 6.36. The van der Waals surface area contributed by atoms with E-state index in [0.29, 0.717) is 41.8 Å². The van der Waals surface area contributed by atoms with Gasteiger partial charge in [0, 0.05) is 23.6 Å². The molecule has 1 saturated heterocycles. The summed E-state index contributed by atoms with van der Waals surface area (Å²) in [5.41, 5.74) is 1.15. The second-order valence-corrected chi connectivity index (χ2v) is 10.8. The van der Waals surface area contributed by atoms with Crippen LogP contribution in [0.15, 0.2) is 64.7 Å². The first-order valence-corrected chi connectivity index (χ1v) is 12.6. The first-order valence-electron chi connectivity index (χ1n) is 11.1. The number of amides is 2. The first-order chi connectivity index (χ1) is 16.9. The van der Waals surface area contributed by atoms with Crippen LogP contribution in [0.2, 0.25) is 0 Å². The largest absolute Gasteiger partial charge is 0.311 e. The van der Waals surface area contributed by atoms with E-state index in [1.165, 1.54) is 17.0 Å². The number of rotatable bonds is 6. The van der Waals surface area contributed by atoms with Crippen molar-refractivity contribution < 1.29 is 35.6 Å². The van der Waals surface area contributed by atoms with Crippen LogP contribution in [-0.2, 0) is 26.2 Å². The lowest BCUT2D eigenvalue weighted by Gasteiger charge is -2.34. The fraction of sp³-hybridized carbons (Fsp3) is 0.280. The average Bonchev–Trinajstić information content (AvgIpc) is 3.06. The average molecular weight is 523 g/mol. The molecule has 1 aliphatic carbocycles. The molecular formula is C25H22F4N2O4S. The molecule has 2 aromatic rings. The van der Waals surface area contributed by atoms with E-state index in [2.05, 4.69) is 0 Å². The minimum absolute atomic E-state index is 0.00893. The molecule has 0 radical (unpaired) electrons. The van der Waals surface area contributed by atoms with Crippen molar-refractivity contribution in [1.29, 1.82) is 0 Å². The summed E-state index contributed by atoms with van der Waals surface area (Å²) in [4.78, 5) is 26.1. The number of nitrogens with zero attached hydrogens (tertiary/aromatic N) is 1. The number of hydrogen-bond donors (Lipinski definition) is 1. The zero-order valence-corrected chi connectivity index (χ0v) is 20.0. The van der Waals surface area contributed by atoms with Crippen LogP contribution in [0.25, 0.3) is 0 Å². The normalized spacial score (nSPS) is 20.2. The molecule has 2 aliphatic rings. The highest BCUT2D eigenvalue weighted by Gasteiger charge is 2.46. The summed E-state index contributed by atoms with van der Waals surface area (Å²) in [5.74, 6) is -5.85. The van der Waals surface area contributed by atoms with Crippen molar-refractivity contribution >= 4 is 21.8 Å². The Morgan fingerprint density at radius 3 is 2.39 bits per heavy atom. The Kier molecular flexibility index (Phi) is 6.78. The predicted molar refractivity (Wildman–Crippen MR) is 121 cm³/mol. The standard InChI is InChI=1S/C25H22F4N2O4S/c1-25-10-2-3-16(5-9-22(32)30-36(34,35)17-6-8-19(27)21(29)12-17)24(25)31(23(33)13-25)14-15-4-7-18(26)20(28)11-15/h4-9,11-12H,2-3,10,13-14H2,1H3,(H,30,32)/b9-5+. The van der Waals surface area contributed by atoms with Crippen molar-refractivity contribution in [3.63, 3.8) is 0 Å². The molecule has 4 rings (SSSR count). The number of sulfonamides is 1. The summed E-state index contributed by atoms with van der Waals surface area (Å²) in [6.45, 7) is 1.92. The van der Waals surface area contributed by atoms with Crippen LogP contribution in [-0.4, -0.2) is 25.1 Å². The fourth-order valence-corrected chi connectivity index (χ4v) is 5.67. The Balaban J connectivity index is 1.59.